The summed E-state index contributed by atoms with van der Waals surface area (Å²) in [5.74, 6) is -1.78. The van der Waals surface area contributed by atoms with E-state index in [0.29, 0.717) is 70.5 Å². The van der Waals surface area contributed by atoms with Crippen LogP contribution < -0.4 is 26.0 Å². The quantitative estimate of drug-likeness (QED) is 0.0409. The second-order valence-corrected chi connectivity index (χ2v) is 21.2. The van der Waals surface area contributed by atoms with Crippen molar-refractivity contribution in [3.05, 3.63) is 70.9 Å². The van der Waals surface area contributed by atoms with Crippen molar-refractivity contribution < 1.29 is 53.8 Å². The number of aliphatic hydroxyl groups is 3. The van der Waals surface area contributed by atoms with Crippen LogP contribution in [-0.2, 0) is 53.3 Å². The molecule has 5 heterocycles. The molecule has 2 aromatic carbocycles. The Kier molecular flexibility index (Phi) is 15.8. The molecule has 8 rings (SSSR count). The number of aromatic amines is 1. The molecule has 1 spiro atoms. The number of carboxylic acid groups (broad SMARTS) is 1. The molecule has 18 heteroatoms. The largest absolute Gasteiger partial charge is 0.496 e. The van der Waals surface area contributed by atoms with Crippen LogP contribution in [0.1, 0.15) is 88.1 Å². The van der Waals surface area contributed by atoms with E-state index < -0.39 is 64.1 Å². The standard InChI is InChI=1S/C54H77N7O11/c1-7-51(68)30-34(31-60(32-51)24-18-37-36-13-9-10-14-40(36)58-41(37)28-44(62)71-6)15-16-35-27-38-42(29-43(35)70-5)59(4)48-53(38)20-25-61-23-11-19-52(8-2,47(53)61)49(66)54(48,69)50(67)57-21-12-26-72-46(65)33(3)56-22-17-39(55)45(63)64/h9-11,13-14,19,27,29,33-34,39,47-49,56,58,66,68-69H,7-8,12,15-18,20-26,28,30-32,55H2,1-6H3,(H,57,67)(H,63,64)/t33?,34?,39?,47?,48?,49-,51?,52-,53?,54+/m1/s1. The van der Waals surface area contributed by atoms with Crippen molar-refractivity contribution in [1.29, 1.82) is 0 Å². The summed E-state index contributed by atoms with van der Waals surface area (Å²) >= 11 is 0. The summed E-state index contributed by atoms with van der Waals surface area (Å²) in [6, 6.07) is 9.54. The number of nitrogens with zero attached hydrogens (tertiary/aromatic N) is 3. The van der Waals surface area contributed by atoms with Gasteiger partial charge in [0.1, 0.15) is 23.9 Å². The number of aliphatic carboxylic acids is 1. The summed E-state index contributed by atoms with van der Waals surface area (Å²) in [5, 5.41) is 53.9. The van der Waals surface area contributed by atoms with Gasteiger partial charge in [0.05, 0.1) is 38.9 Å². The lowest BCUT2D eigenvalue weighted by molar-refractivity contribution is -0.203. The zero-order chi connectivity index (χ0) is 51.8. The number of carbonyl (C=O) groups is 4. The SMILES string of the molecule is CCC1(O)CC(CCc2cc3c(cc2OC)N(C)C2C34CCN3CC=C[C@](CC)(C34)[C@@H](O)[C@]2(O)C(=O)NCCCOC(=O)C(C)NCCC(N)C(=O)O)CN(CCc2c(CC(=O)OC)[nH]c3ccccc23)C1. The van der Waals surface area contributed by atoms with Crippen LogP contribution >= 0.6 is 0 Å². The molecule has 7 unspecified atom stereocenters. The van der Waals surface area contributed by atoms with Crippen LogP contribution in [0.5, 0.6) is 5.75 Å². The highest BCUT2D eigenvalue weighted by atomic mass is 16.5. The molecule has 3 aromatic rings. The van der Waals surface area contributed by atoms with E-state index in [-0.39, 0.29) is 56.9 Å². The number of esters is 2. The van der Waals surface area contributed by atoms with Crippen LogP contribution in [0.15, 0.2) is 48.6 Å². The van der Waals surface area contributed by atoms with Crippen molar-refractivity contribution in [3.8, 4) is 5.75 Å². The molecule has 5 aliphatic rings. The van der Waals surface area contributed by atoms with E-state index in [0.717, 1.165) is 51.9 Å². The molecule has 3 fully saturated rings. The van der Waals surface area contributed by atoms with Crippen LogP contribution in [-0.4, -0.2) is 174 Å². The molecule has 2 saturated heterocycles. The van der Waals surface area contributed by atoms with E-state index >= 15 is 0 Å². The smallest absolute Gasteiger partial charge is 0.322 e. The maximum absolute atomic E-state index is 14.8. The first-order valence-corrected chi connectivity index (χ1v) is 25.9. The van der Waals surface area contributed by atoms with E-state index in [1.165, 1.54) is 7.11 Å². The number of nitrogens with two attached hydrogens (primary N) is 1. The molecule has 1 saturated carbocycles. The molecule has 9 N–H and O–H groups in total. The molecule has 394 valence electrons. The average molecular weight is 1000 g/mol. The van der Waals surface area contributed by atoms with Crippen LogP contribution in [0.2, 0.25) is 0 Å². The Labute approximate surface area is 422 Å². The van der Waals surface area contributed by atoms with E-state index in [1.54, 1.807) is 14.0 Å². The Hall–Kier alpha value is -5.08. The lowest BCUT2D eigenvalue weighted by atomic mass is 9.47. The van der Waals surface area contributed by atoms with Crippen molar-refractivity contribution in [2.45, 2.75) is 132 Å². The van der Waals surface area contributed by atoms with Gasteiger partial charge in [0.15, 0.2) is 5.60 Å². The minimum Gasteiger partial charge on any atom is -0.496 e. The number of aryl methyl sites for hydroxylation is 1. The van der Waals surface area contributed by atoms with Crippen molar-refractivity contribution in [2.75, 3.05) is 78.6 Å². The summed E-state index contributed by atoms with van der Waals surface area (Å²) in [6.07, 6.45) is 7.74. The Morgan fingerprint density at radius 2 is 1.82 bits per heavy atom. The number of benzene rings is 2. The number of carbonyl (C=O) groups excluding carboxylic acids is 3. The maximum Gasteiger partial charge on any atom is 0.322 e. The Bertz CT molecular complexity index is 2520. The molecule has 1 aromatic heterocycles. The molecule has 18 nitrogen and oxygen atoms in total. The second-order valence-electron chi connectivity index (χ2n) is 21.2. The second kappa shape index (κ2) is 21.4. The maximum atomic E-state index is 14.8. The van der Waals surface area contributed by atoms with Crippen molar-refractivity contribution in [1.82, 2.24) is 25.4 Å². The van der Waals surface area contributed by atoms with Gasteiger partial charge in [0.25, 0.3) is 5.91 Å². The van der Waals surface area contributed by atoms with Gasteiger partial charge in [-0.05, 0) is 113 Å². The number of para-hydroxylation sites is 1. The normalized spacial score (nSPS) is 29.6. The van der Waals surface area contributed by atoms with Crippen LogP contribution in [0.4, 0.5) is 5.69 Å². The lowest BCUT2D eigenvalue weighted by Crippen LogP contribution is -2.81. The number of H-pyrrole nitrogens is 1. The Balaban J connectivity index is 1.01. The summed E-state index contributed by atoms with van der Waals surface area (Å²) in [6.45, 7) is 9.40. The zero-order valence-corrected chi connectivity index (χ0v) is 42.9. The Morgan fingerprint density at radius 1 is 1.04 bits per heavy atom. The minimum absolute atomic E-state index is 0.0122. The number of carboxylic acids is 1. The number of hydrogen-bond donors (Lipinski definition) is 8. The first-order chi connectivity index (χ1) is 34.4. The number of fused-ring (bicyclic) bond motifs is 2. The van der Waals surface area contributed by atoms with E-state index in [9.17, 15) is 34.5 Å². The summed E-state index contributed by atoms with van der Waals surface area (Å²) in [5.41, 5.74) is 6.52. The molecular formula is C54H77N7O11. The molecule has 0 bridgehead atoms. The fourth-order valence-corrected chi connectivity index (χ4v) is 13.6. The van der Waals surface area contributed by atoms with Gasteiger partial charge in [-0.1, -0.05) is 44.2 Å². The highest BCUT2D eigenvalue weighted by molar-refractivity contribution is 5.91. The number of piperidine rings is 1. The van der Waals surface area contributed by atoms with Gasteiger partial charge < -0.3 is 60.9 Å². The topological polar surface area (TPSA) is 252 Å². The van der Waals surface area contributed by atoms with Crippen molar-refractivity contribution in [2.24, 2.45) is 17.1 Å². The van der Waals surface area contributed by atoms with Gasteiger partial charge in [-0.3, -0.25) is 29.0 Å². The highest BCUT2D eigenvalue weighted by Crippen LogP contribution is 2.67. The lowest BCUT2D eigenvalue weighted by Gasteiger charge is -2.63. The zero-order valence-electron chi connectivity index (χ0n) is 42.9. The van der Waals surface area contributed by atoms with Crippen molar-refractivity contribution >= 4 is 40.4 Å². The molecule has 1 aliphatic carbocycles. The van der Waals surface area contributed by atoms with Crippen LogP contribution in [0.3, 0.4) is 0 Å². The number of methoxy groups -OCH3 is 2. The number of anilines is 1. The summed E-state index contributed by atoms with van der Waals surface area (Å²) in [4.78, 5) is 61.1. The number of likely N-dealkylation sites (N-methyl/N-ethyl adjacent to an activating group) is 1. The number of rotatable bonds is 22. The average Bonchev–Trinajstić information content (AvgIpc) is 4.02. The number of likely N-dealkylation sites (tertiary alicyclic amines) is 1. The third-order valence-corrected chi connectivity index (χ3v) is 17.2. The van der Waals surface area contributed by atoms with E-state index in [4.69, 9.17) is 25.1 Å². The number of aromatic nitrogens is 1. The first-order valence-electron chi connectivity index (χ1n) is 25.9. The third kappa shape index (κ3) is 9.52. The number of aliphatic hydroxyl groups excluding tert-OH is 1. The summed E-state index contributed by atoms with van der Waals surface area (Å²) in [7, 11) is 4.96. The molecule has 1 amide bonds. The number of nitrogens with one attached hydrogen (secondary N) is 3. The number of ether oxygens (including phenoxy) is 3. The van der Waals surface area contributed by atoms with Crippen molar-refractivity contribution in [3.63, 3.8) is 0 Å². The van der Waals surface area contributed by atoms with Gasteiger partial charge in [0.2, 0.25) is 0 Å². The van der Waals surface area contributed by atoms with Crippen LogP contribution in [0.25, 0.3) is 10.9 Å². The van der Waals surface area contributed by atoms with Crippen LogP contribution in [0, 0.1) is 11.3 Å². The summed E-state index contributed by atoms with van der Waals surface area (Å²) < 4.78 is 16.6. The molecule has 72 heavy (non-hydrogen) atoms. The molecule has 10 atom stereocenters. The first kappa shape index (κ1) is 53.2. The fourth-order valence-electron chi connectivity index (χ4n) is 13.6. The predicted molar refractivity (Wildman–Crippen MR) is 272 cm³/mol. The minimum atomic E-state index is -2.26. The Morgan fingerprint density at radius 3 is 2.54 bits per heavy atom. The molecule has 4 aliphatic heterocycles. The predicted octanol–water partition coefficient (Wildman–Crippen LogP) is 2.56. The van der Waals surface area contributed by atoms with Gasteiger partial charge >= 0.3 is 17.9 Å². The van der Waals surface area contributed by atoms with Gasteiger partial charge in [-0.15, -0.1) is 0 Å². The van der Waals surface area contributed by atoms with Gasteiger partial charge in [-0.25, -0.2) is 0 Å². The van der Waals surface area contributed by atoms with E-state index in [1.807, 2.05) is 56.1 Å². The van der Waals surface area contributed by atoms with E-state index in [2.05, 4.69) is 43.6 Å². The monoisotopic (exact) mass is 1000 g/mol. The number of hydrogen-bond acceptors (Lipinski definition) is 15. The molecule has 0 radical (unpaired) electrons. The molecular weight excluding hydrogens is 923 g/mol. The fraction of sp³-hybridized carbons (Fsp3) is 0.630. The number of β-amino-alcohol motifs (C(OH)–C–C–N with tert-alkyl or cyclic N) is 1. The third-order valence-electron chi connectivity index (χ3n) is 17.2. The van der Waals surface area contributed by atoms with Gasteiger partial charge in [-0.2, -0.15) is 0 Å². The van der Waals surface area contributed by atoms with Gasteiger partial charge in [0, 0.05) is 85.0 Å². The highest BCUT2D eigenvalue weighted by Gasteiger charge is 2.78. The number of amides is 1.